The number of nitrogens with zero attached hydrogens (tertiary/aromatic N) is 2. The molecule has 0 spiro atoms. The van der Waals surface area contributed by atoms with Crippen LogP contribution >= 0.6 is 15.9 Å². The number of anilines is 1. The molecule has 0 aromatic heterocycles. The molecule has 184 valence electrons. The van der Waals surface area contributed by atoms with Gasteiger partial charge < -0.3 is 4.74 Å². The van der Waals surface area contributed by atoms with Crippen LogP contribution in [0, 0.1) is 17.0 Å². The maximum absolute atomic E-state index is 13.9. The van der Waals surface area contributed by atoms with Crippen LogP contribution in [0.25, 0.3) is 0 Å². The van der Waals surface area contributed by atoms with Gasteiger partial charge in [0.2, 0.25) is 6.04 Å². The third-order valence-corrected chi connectivity index (χ3v) is 6.39. The molecule has 0 saturated carbocycles. The van der Waals surface area contributed by atoms with Gasteiger partial charge in [0.25, 0.3) is 0 Å². The summed E-state index contributed by atoms with van der Waals surface area (Å²) in [6.45, 7) is 1.64. The van der Waals surface area contributed by atoms with Crippen molar-refractivity contribution in [3.63, 3.8) is 0 Å². The fourth-order valence-corrected chi connectivity index (χ4v) is 4.36. The van der Waals surface area contributed by atoms with E-state index < -0.39 is 29.1 Å². The molecular formula is C25H22BrF3N2O4. The van der Waals surface area contributed by atoms with E-state index in [1.54, 1.807) is 49.4 Å². The monoisotopic (exact) mass is 550 g/mol. The molecule has 6 nitrogen and oxygen atoms in total. The first-order valence-corrected chi connectivity index (χ1v) is 11.3. The highest BCUT2D eigenvalue weighted by molar-refractivity contribution is 9.10. The van der Waals surface area contributed by atoms with Crippen molar-refractivity contribution >= 4 is 27.5 Å². The zero-order valence-corrected chi connectivity index (χ0v) is 20.4. The first kappa shape index (κ1) is 26.2. The molecule has 0 aliphatic carbocycles. The number of hydrogen-bond acceptors (Lipinski definition) is 4. The summed E-state index contributed by atoms with van der Waals surface area (Å²) in [4.78, 5) is 25.1. The predicted molar refractivity (Wildman–Crippen MR) is 129 cm³/mol. The first-order chi connectivity index (χ1) is 16.5. The summed E-state index contributed by atoms with van der Waals surface area (Å²) in [6.07, 6.45) is -5.49. The molecule has 0 aliphatic heterocycles. The molecule has 0 unspecified atom stereocenters. The molecular weight excluding hydrogens is 529 g/mol. The van der Waals surface area contributed by atoms with Gasteiger partial charge in [0.15, 0.2) is 0 Å². The number of amides is 1. The van der Waals surface area contributed by atoms with E-state index in [4.69, 9.17) is 4.74 Å². The minimum absolute atomic E-state index is 0.139. The van der Waals surface area contributed by atoms with Crippen LogP contribution in [0.2, 0.25) is 0 Å². The van der Waals surface area contributed by atoms with Crippen molar-refractivity contribution in [3.8, 4) is 5.75 Å². The second-order valence-electron chi connectivity index (χ2n) is 7.82. The van der Waals surface area contributed by atoms with Crippen LogP contribution in [-0.4, -0.2) is 30.2 Å². The molecule has 0 aliphatic rings. The average Bonchev–Trinajstić information content (AvgIpc) is 2.82. The molecule has 0 radical (unpaired) electrons. The minimum atomic E-state index is -5.27. The van der Waals surface area contributed by atoms with E-state index in [1.165, 1.54) is 37.4 Å². The minimum Gasteiger partial charge on any atom is -0.497 e. The van der Waals surface area contributed by atoms with Crippen molar-refractivity contribution in [2.75, 3.05) is 12.0 Å². The van der Waals surface area contributed by atoms with Gasteiger partial charge in [0, 0.05) is 21.5 Å². The quantitative estimate of drug-likeness (QED) is 0.244. The summed E-state index contributed by atoms with van der Waals surface area (Å²) < 4.78 is 47.3. The van der Waals surface area contributed by atoms with E-state index >= 15 is 0 Å². The summed E-state index contributed by atoms with van der Waals surface area (Å²) in [5, 5.41) is 12.4. The van der Waals surface area contributed by atoms with Gasteiger partial charge in [-0.3, -0.25) is 19.8 Å². The maximum Gasteiger partial charge on any atom is 0.471 e. The number of halogens is 4. The molecule has 35 heavy (non-hydrogen) atoms. The van der Waals surface area contributed by atoms with Gasteiger partial charge in [-0.15, -0.1) is 0 Å². The van der Waals surface area contributed by atoms with Gasteiger partial charge in [-0.05, 0) is 53.9 Å². The van der Waals surface area contributed by atoms with Gasteiger partial charge >= 0.3 is 12.1 Å². The van der Waals surface area contributed by atoms with Gasteiger partial charge in [-0.1, -0.05) is 58.4 Å². The van der Waals surface area contributed by atoms with Crippen LogP contribution in [0.15, 0.2) is 77.3 Å². The smallest absolute Gasteiger partial charge is 0.471 e. The lowest BCUT2D eigenvalue weighted by atomic mass is 9.89. The Labute approximate surface area is 208 Å². The fourth-order valence-electron chi connectivity index (χ4n) is 3.91. The Morgan fingerprint density at radius 1 is 1.06 bits per heavy atom. The highest BCUT2D eigenvalue weighted by atomic mass is 79.9. The summed E-state index contributed by atoms with van der Waals surface area (Å²) >= 11 is 3.36. The van der Waals surface area contributed by atoms with Crippen molar-refractivity contribution in [1.29, 1.82) is 0 Å². The van der Waals surface area contributed by atoms with Crippen LogP contribution in [-0.2, 0) is 11.2 Å². The van der Waals surface area contributed by atoms with Gasteiger partial charge in [-0.2, -0.15) is 13.2 Å². The van der Waals surface area contributed by atoms with E-state index in [0.717, 1.165) is 0 Å². The molecule has 2 atom stereocenters. The number of aryl methyl sites for hydroxylation is 1. The standard InChI is InChI=1S/C25H22BrF3N2O4/c1-16-7-3-5-9-20(16)23(22(31(33)34)15-17-8-4-6-10-21(17)26)30(24(32)25(27,28)29)18-11-13-19(35-2)14-12-18/h3-14,22-23H,15H2,1-2H3/t22-,23+/m0/s1. The molecule has 1 amide bonds. The van der Waals surface area contributed by atoms with E-state index in [1.807, 2.05) is 0 Å². The van der Waals surface area contributed by atoms with Crippen LogP contribution in [0.4, 0.5) is 18.9 Å². The summed E-state index contributed by atoms with van der Waals surface area (Å²) in [5.41, 5.74) is 1.15. The Hall–Kier alpha value is -3.40. The molecule has 10 heteroatoms. The van der Waals surface area contributed by atoms with Crippen molar-refractivity contribution < 1.29 is 27.6 Å². The van der Waals surface area contributed by atoms with E-state index in [2.05, 4.69) is 15.9 Å². The number of hydrogen-bond donors (Lipinski definition) is 0. The van der Waals surface area contributed by atoms with Gasteiger partial charge in [0.1, 0.15) is 11.8 Å². The Bertz CT molecular complexity index is 1200. The Morgan fingerprint density at radius 3 is 2.20 bits per heavy atom. The Morgan fingerprint density at radius 2 is 1.66 bits per heavy atom. The number of nitro groups is 1. The number of carbonyl (C=O) groups is 1. The highest BCUT2D eigenvalue weighted by Gasteiger charge is 2.50. The molecule has 0 N–H and O–H groups in total. The van der Waals surface area contributed by atoms with Crippen LogP contribution in [0.3, 0.4) is 0 Å². The number of alkyl halides is 3. The fraction of sp³-hybridized carbons (Fsp3) is 0.240. The lowest BCUT2D eigenvalue weighted by Crippen LogP contribution is -2.49. The molecule has 3 aromatic carbocycles. The zero-order chi connectivity index (χ0) is 25.8. The van der Waals surface area contributed by atoms with Gasteiger partial charge in [-0.25, -0.2) is 0 Å². The normalized spacial score (nSPS) is 13.1. The van der Waals surface area contributed by atoms with E-state index in [9.17, 15) is 28.1 Å². The first-order valence-electron chi connectivity index (χ1n) is 10.5. The summed E-state index contributed by atoms with van der Waals surface area (Å²) in [6, 6.07) is 15.4. The lowest BCUT2D eigenvalue weighted by Gasteiger charge is -2.35. The highest BCUT2D eigenvalue weighted by Crippen LogP contribution is 2.38. The third-order valence-electron chi connectivity index (χ3n) is 5.62. The molecule has 0 saturated heterocycles. The number of rotatable bonds is 8. The van der Waals surface area contributed by atoms with Gasteiger partial charge in [0.05, 0.1) is 7.11 Å². The van der Waals surface area contributed by atoms with Crippen molar-refractivity contribution in [3.05, 3.63) is 104 Å². The largest absolute Gasteiger partial charge is 0.497 e. The number of benzene rings is 3. The molecule has 0 bridgehead atoms. The molecule has 3 rings (SSSR count). The zero-order valence-electron chi connectivity index (χ0n) is 18.8. The molecule has 0 heterocycles. The lowest BCUT2D eigenvalue weighted by molar-refractivity contribution is -0.526. The van der Waals surface area contributed by atoms with Crippen LogP contribution in [0.5, 0.6) is 5.75 Å². The Kier molecular flexibility index (Phi) is 8.16. The van der Waals surface area contributed by atoms with Crippen molar-refractivity contribution in [2.24, 2.45) is 0 Å². The number of carbonyl (C=O) groups excluding carboxylic acids is 1. The average molecular weight is 551 g/mol. The van der Waals surface area contributed by atoms with Crippen LogP contribution in [0.1, 0.15) is 22.7 Å². The van der Waals surface area contributed by atoms with Crippen molar-refractivity contribution in [2.45, 2.75) is 31.6 Å². The molecule has 0 fully saturated rings. The second-order valence-corrected chi connectivity index (χ2v) is 8.67. The third kappa shape index (κ3) is 6.00. The maximum atomic E-state index is 13.9. The predicted octanol–water partition coefficient (Wildman–Crippen LogP) is 6.29. The molecule has 3 aromatic rings. The summed E-state index contributed by atoms with van der Waals surface area (Å²) in [7, 11) is 1.39. The van der Waals surface area contributed by atoms with Crippen LogP contribution < -0.4 is 9.64 Å². The topological polar surface area (TPSA) is 72.7 Å². The number of ether oxygens (including phenoxy) is 1. The number of methoxy groups -OCH3 is 1. The van der Waals surface area contributed by atoms with Crippen molar-refractivity contribution in [1.82, 2.24) is 0 Å². The van der Waals surface area contributed by atoms with E-state index in [0.29, 0.717) is 26.2 Å². The van der Waals surface area contributed by atoms with E-state index in [-0.39, 0.29) is 17.7 Å². The summed E-state index contributed by atoms with van der Waals surface area (Å²) in [5.74, 6) is -1.84. The second kappa shape index (κ2) is 10.9. The Balaban J connectivity index is 2.27. The SMILES string of the molecule is COc1ccc(N(C(=O)C(F)(F)F)[C@H](c2ccccc2C)[C@H](Cc2ccccc2Br)[N+](=O)[O-])cc1.